The summed E-state index contributed by atoms with van der Waals surface area (Å²) in [6.45, 7) is 2.24. The molecule has 2 fully saturated rings. The van der Waals surface area contributed by atoms with Crippen LogP contribution < -0.4 is 4.90 Å². The van der Waals surface area contributed by atoms with E-state index in [1.807, 2.05) is 6.07 Å². The molecule has 0 bridgehead atoms. The molecule has 1 aliphatic heterocycles. The van der Waals surface area contributed by atoms with Gasteiger partial charge < -0.3 is 4.90 Å². The van der Waals surface area contributed by atoms with E-state index in [9.17, 15) is 0 Å². The van der Waals surface area contributed by atoms with Gasteiger partial charge in [-0.15, -0.1) is 11.6 Å². The molecule has 20 heavy (non-hydrogen) atoms. The van der Waals surface area contributed by atoms with Crippen LogP contribution in [0.5, 0.6) is 0 Å². The van der Waals surface area contributed by atoms with E-state index in [0.29, 0.717) is 16.3 Å². The molecule has 2 nitrogen and oxygen atoms in total. The van der Waals surface area contributed by atoms with E-state index in [4.69, 9.17) is 23.2 Å². The van der Waals surface area contributed by atoms with Crippen molar-refractivity contribution in [1.82, 2.24) is 4.98 Å². The van der Waals surface area contributed by atoms with E-state index in [2.05, 4.69) is 9.88 Å². The molecule has 3 rings (SSSR count). The Morgan fingerprint density at radius 3 is 2.45 bits per heavy atom. The molecular weight excluding hydrogens is 291 g/mol. The molecule has 1 spiro atoms. The predicted molar refractivity (Wildman–Crippen MR) is 85.8 cm³/mol. The zero-order chi connectivity index (χ0) is 14.0. The first-order valence-corrected chi connectivity index (χ1v) is 8.59. The van der Waals surface area contributed by atoms with Crippen molar-refractivity contribution in [3.05, 3.63) is 22.8 Å². The zero-order valence-corrected chi connectivity index (χ0v) is 13.4. The molecule has 0 aromatic carbocycles. The maximum absolute atomic E-state index is 6.09. The second-order valence-corrected chi connectivity index (χ2v) is 6.99. The molecule has 1 aromatic heterocycles. The number of anilines is 1. The smallest absolute Gasteiger partial charge is 0.128 e. The zero-order valence-electron chi connectivity index (χ0n) is 11.9. The topological polar surface area (TPSA) is 16.1 Å². The van der Waals surface area contributed by atoms with E-state index in [1.165, 1.54) is 44.9 Å². The quantitative estimate of drug-likeness (QED) is 0.712. The number of pyridine rings is 1. The number of hydrogen-bond acceptors (Lipinski definition) is 2. The lowest BCUT2D eigenvalue weighted by atomic mass is 9.68. The van der Waals surface area contributed by atoms with Gasteiger partial charge >= 0.3 is 0 Å². The van der Waals surface area contributed by atoms with Crippen LogP contribution in [0.2, 0.25) is 5.02 Å². The molecule has 1 aromatic rings. The highest BCUT2D eigenvalue weighted by Crippen LogP contribution is 2.45. The Labute approximate surface area is 131 Å². The Bertz CT molecular complexity index is 460. The van der Waals surface area contributed by atoms with Crippen LogP contribution in [0.25, 0.3) is 0 Å². The van der Waals surface area contributed by atoms with Crippen LogP contribution in [0.3, 0.4) is 0 Å². The first-order valence-electron chi connectivity index (χ1n) is 7.68. The van der Waals surface area contributed by atoms with Crippen molar-refractivity contribution < 1.29 is 0 Å². The highest BCUT2D eigenvalue weighted by atomic mass is 35.5. The fourth-order valence-corrected chi connectivity index (χ4v) is 4.21. The summed E-state index contributed by atoms with van der Waals surface area (Å²) in [5, 5.41) is 0.671. The average molecular weight is 313 g/mol. The molecule has 110 valence electrons. The van der Waals surface area contributed by atoms with E-state index in [1.54, 1.807) is 6.20 Å². The third-order valence-corrected chi connectivity index (χ3v) is 5.75. The largest absolute Gasteiger partial charge is 0.357 e. The average Bonchev–Trinajstić information content (AvgIpc) is 2.50. The van der Waals surface area contributed by atoms with E-state index >= 15 is 0 Å². The number of halogens is 2. The third kappa shape index (κ3) is 2.92. The molecule has 0 N–H and O–H groups in total. The van der Waals surface area contributed by atoms with Gasteiger partial charge in [-0.3, -0.25) is 0 Å². The lowest BCUT2D eigenvalue weighted by Crippen LogP contribution is -2.41. The molecule has 0 amide bonds. The van der Waals surface area contributed by atoms with Gasteiger partial charge in [0.25, 0.3) is 0 Å². The molecule has 4 heteroatoms. The van der Waals surface area contributed by atoms with Gasteiger partial charge in [0.05, 0.1) is 5.02 Å². The molecule has 2 aliphatic rings. The van der Waals surface area contributed by atoms with Crippen molar-refractivity contribution in [3.63, 3.8) is 0 Å². The van der Waals surface area contributed by atoms with Crippen molar-refractivity contribution in [2.24, 2.45) is 5.41 Å². The van der Waals surface area contributed by atoms with Gasteiger partial charge in [0.2, 0.25) is 0 Å². The van der Waals surface area contributed by atoms with Crippen molar-refractivity contribution in [2.45, 2.75) is 50.8 Å². The van der Waals surface area contributed by atoms with E-state index < -0.39 is 0 Å². The minimum Gasteiger partial charge on any atom is -0.357 e. The van der Waals surface area contributed by atoms with Crippen LogP contribution >= 0.6 is 23.2 Å². The lowest BCUT2D eigenvalue weighted by molar-refractivity contribution is 0.144. The number of rotatable bonds is 2. The summed E-state index contributed by atoms with van der Waals surface area (Å²) in [5.74, 6) is 1.49. The van der Waals surface area contributed by atoms with Gasteiger partial charge in [0.15, 0.2) is 0 Å². The first-order chi connectivity index (χ1) is 9.72. The lowest BCUT2D eigenvalue weighted by Gasteiger charge is -2.44. The van der Waals surface area contributed by atoms with Gasteiger partial charge in [-0.05, 0) is 42.7 Å². The van der Waals surface area contributed by atoms with Crippen LogP contribution in [0.4, 0.5) is 5.82 Å². The van der Waals surface area contributed by atoms with Crippen LogP contribution in [0.1, 0.15) is 50.5 Å². The van der Waals surface area contributed by atoms with Crippen molar-refractivity contribution in [3.8, 4) is 0 Å². The van der Waals surface area contributed by atoms with Crippen molar-refractivity contribution in [2.75, 3.05) is 18.0 Å². The van der Waals surface area contributed by atoms with Gasteiger partial charge in [0, 0.05) is 25.2 Å². The Hall–Kier alpha value is -0.470. The molecular formula is C16H22Cl2N2. The number of piperidine rings is 1. The van der Waals surface area contributed by atoms with Crippen molar-refractivity contribution in [1.29, 1.82) is 0 Å². The standard InChI is InChI=1S/C16H22Cl2N2/c17-11-13-10-15(19-12-14(13)18)20-8-6-16(7-9-20)4-2-1-3-5-16/h10,12H,1-9,11H2. The predicted octanol–water partition coefficient (Wildman–Crippen LogP) is 5.02. The normalized spacial score (nSPS) is 22.2. The molecule has 0 unspecified atom stereocenters. The highest BCUT2D eigenvalue weighted by Gasteiger charge is 2.35. The number of hydrogen-bond donors (Lipinski definition) is 0. The number of aromatic nitrogens is 1. The maximum Gasteiger partial charge on any atom is 0.128 e. The summed E-state index contributed by atoms with van der Waals surface area (Å²) in [6, 6.07) is 2.05. The Kier molecular flexibility index (Phi) is 4.42. The Balaban J connectivity index is 1.68. The molecule has 0 radical (unpaired) electrons. The van der Waals surface area contributed by atoms with Crippen LogP contribution in [0.15, 0.2) is 12.3 Å². The first kappa shape index (κ1) is 14.5. The summed E-state index contributed by atoms with van der Waals surface area (Å²) in [4.78, 5) is 6.87. The fourth-order valence-electron chi connectivity index (χ4n) is 3.76. The molecule has 1 saturated heterocycles. The second kappa shape index (κ2) is 6.11. The highest BCUT2D eigenvalue weighted by molar-refractivity contribution is 6.32. The summed E-state index contributed by atoms with van der Waals surface area (Å²) in [7, 11) is 0. The molecule has 1 aliphatic carbocycles. The Morgan fingerprint density at radius 2 is 1.80 bits per heavy atom. The van der Waals surface area contributed by atoms with Gasteiger partial charge in [-0.1, -0.05) is 30.9 Å². The molecule has 0 atom stereocenters. The van der Waals surface area contributed by atoms with E-state index in [0.717, 1.165) is 24.5 Å². The molecule has 2 heterocycles. The van der Waals surface area contributed by atoms with Crippen LogP contribution in [-0.4, -0.2) is 18.1 Å². The number of nitrogens with zero attached hydrogens (tertiary/aromatic N) is 2. The second-order valence-electron chi connectivity index (χ2n) is 6.32. The van der Waals surface area contributed by atoms with Gasteiger partial charge in [0.1, 0.15) is 5.82 Å². The maximum atomic E-state index is 6.09. The van der Waals surface area contributed by atoms with Crippen LogP contribution in [-0.2, 0) is 5.88 Å². The third-order valence-electron chi connectivity index (χ3n) is 5.13. The van der Waals surface area contributed by atoms with Crippen molar-refractivity contribution >= 4 is 29.0 Å². The Morgan fingerprint density at radius 1 is 1.10 bits per heavy atom. The summed E-state index contributed by atoms with van der Waals surface area (Å²) < 4.78 is 0. The van der Waals surface area contributed by atoms with E-state index in [-0.39, 0.29) is 0 Å². The SMILES string of the molecule is ClCc1cc(N2CCC3(CCCCC3)CC2)ncc1Cl. The summed E-state index contributed by atoms with van der Waals surface area (Å²) >= 11 is 12.0. The fraction of sp³-hybridized carbons (Fsp3) is 0.688. The minimum absolute atomic E-state index is 0.451. The monoisotopic (exact) mass is 312 g/mol. The van der Waals surface area contributed by atoms with Crippen LogP contribution in [0, 0.1) is 5.41 Å². The molecule has 1 saturated carbocycles. The van der Waals surface area contributed by atoms with Gasteiger partial charge in [-0.2, -0.15) is 0 Å². The minimum atomic E-state index is 0.451. The number of alkyl halides is 1. The van der Waals surface area contributed by atoms with Gasteiger partial charge in [-0.25, -0.2) is 4.98 Å². The summed E-state index contributed by atoms with van der Waals surface area (Å²) in [5.41, 5.74) is 1.62. The summed E-state index contributed by atoms with van der Waals surface area (Å²) in [6.07, 6.45) is 11.5.